The van der Waals surface area contributed by atoms with Gasteiger partial charge in [0, 0.05) is 0 Å². The molecule has 0 aromatic rings. The Hall–Kier alpha value is -0.570. The molecule has 3 nitrogen and oxygen atoms in total. The van der Waals surface area contributed by atoms with E-state index in [-0.39, 0.29) is 11.9 Å². The quantitative estimate of drug-likeness (QED) is 0.507. The topological polar surface area (TPSA) is 52.3 Å². The Morgan fingerprint density at radius 2 is 1.93 bits per heavy atom. The van der Waals surface area contributed by atoms with E-state index in [2.05, 4.69) is 6.92 Å². The summed E-state index contributed by atoms with van der Waals surface area (Å²) >= 11 is 0. The van der Waals surface area contributed by atoms with E-state index in [4.69, 9.17) is 10.5 Å². The molecule has 0 aliphatic heterocycles. The summed E-state index contributed by atoms with van der Waals surface area (Å²) in [6.07, 6.45) is 4.47. The molecule has 84 valence electrons. The van der Waals surface area contributed by atoms with Crippen molar-refractivity contribution in [3.05, 3.63) is 0 Å². The number of ether oxygens (including phenoxy) is 1. The first kappa shape index (κ1) is 13.4. The summed E-state index contributed by atoms with van der Waals surface area (Å²) in [5.41, 5.74) is 5.63. The molecule has 0 heterocycles. The van der Waals surface area contributed by atoms with E-state index in [9.17, 15) is 4.79 Å². The van der Waals surface area contributed by atoms with Gasteiger partial charge in [0.1, 0.15) is 6.04 Å². The van der Waals surface area contributed by atoms with Crippen LogP contribution in [0.2, 0.25) is 0 Å². The normalized spacial score (nSPS) is 12.9. The van der Waals surface area contributed by atoms with Crippen LogP contribution in [0.4, 0.5) is 0 Å². The lowest BCUT2D eigenvalue weighted by Gasteiger charge is -2.14. The van der Waals surface area contributed by atoms with Gasteiger partial charge in [-0.2, -0.15) is 0 Å². The van der Waals surface area contributed by atoms with E-state index in [0.717, 1.165) is 12.8 Å². The van der Waals surface area contributed by atoms with Crippen molar-refractivity contribution in [2.45, 2.75) is 52.5 Å². The van der Waals surface area contributed by atoms with Crippen LogP contribution in [0.3, 0.4) is 0 Å². The van der Waals surface area contributed by atoms with Crippen LogP contribution >= 0.6 is 0 Å². The predicted octanol–water partition coefficient (Wildman–Crippen LogP) is 2.09. The van der Waals surface area contributed by atoms with Crippen LogP contribution in [0.25, 0.3) is 0 Å². The third-order valence-corrected chi connectivity index (χ3v) is 2.23. The first-order valence-corrected chi connectivity index (χ1v) is 5.51. The minimum absolute atomic E-state index is 0.151. The minimum atomic E-state index is -0.471. The molecule has 0 saturated carbocycles. The summed E-state index contributed by atoms with van der Waals surface area (Å²) in [6.45, 7) is 6.51. The number of hydrogen-bond acceptors (Lipinski definition) is 3. The van der Waals surface area contributed by atoms with Crippen molar-refractivity contribution >= 4 is 5.97 Å². The lowest BCUT2D eigenvalue weighted by molar-refractivity contribution is -0.146. The number of hydrogen-bond donors (Lipinski definition) is 1. The molecule has 14 heavy (non-hydrogen) atoms. The molecule has 0 aromatic carbocycles. The SMILES string of the molecule is CCCCCCOC(=O)[C@H](N)C(C)C. The molecule has 0 fully saturated rings. The number of unbranched alkanes of at least 4 members (excludes halogenated alkanes) is 3. The van der Waals surface area contributed by atoms with Gasteiger partial charge >= 0.3 is 5.97 Å². The Morgan fingerprint density at radius 1 is 1.29 bits per heavy atom. The first-order valence-electron chi connectivity index (χ1n) is 5.51. The lowest BCUT2D eigenvalue weighted by Crippen LogP contribution is -2.37. The van der Waals surface area contributed by atoms with Gasteiger partial charge in [0.25, 0.3) is 0 Å². The van der Waals surface area contributed by atoms with E-state index >= 15 is 0 Å². The van der Waals surface area contributed by atoms with Crippen LogP contribution < -0.4 is 5.73 Å². The fraction of sp³-hybridized carbons (Fsp3) is 0.909. The van der Waals surface area contributed by atoms with Crippen LogP contribution in [0.5, 0.6) is 0 Å². The zero-order valence-corrected chi connectivity index (χ0v) is 9.58. The summed E-state index contributed by atoms with van der Waals surface area (Å²) in [5.74, 6) is -0.116. The molecule has 0 amide bonds. The summed E-state index contributed by atoms with van der Waals surface area (Å²) in [4.78, 5) is 11.3. The molecule has 0 saturated heterocycles. The lowest BCUT2D eigenvalue weighted by atomic mass is 10.1. The molecule has 3 heteroatoms. The Morgan fingerprint density at radius 3 is 2.43 bits per heavy atom. The molecule has 0 aliphatic carbocycles. The van der Waals surface area contributed by atoms with Gasteiger partial charge in [0.15, 0.2) is 0 Å². The number of carbonyl (C=O) groups is 1. The highest BCUT2D eigenvalue weighted by Gasteiger charge is 2.18. The van der Waals surface area contributed by atoms with E-state index in [1.165, 1.54) is 12.8 Å². The average Bonchev–Trinajstić information content (AvgIpc) is 2.16. The second-order valence-electron chi connectivity index (χ2n) is 4.00. The summed E-state index contributed by atoms with van der Waals surface area (Å²) in [7, 11) is 0. The zero-order valence-electron chi connectivity index (χ0n) is 9.58. The van der Waals surface area contributed by atoms with Gasteiger partial charge in [0.2, 0.25) is 0 Å². The number of carbonyl (C=O) groups excluding carboxylic acids is 1. The van der Waals surface area contributed by atoms with Gasteiger partial charge in [-0.3, -0.25) is 4.79 Å². The number of nitrogens with two attached hydrogens (primary N) is 1. The maximum absolute atomic E-state index is 11.3. The fourth-order valence-corrected chi connectivity index (χ4v) is 1.07. The zero-order chi connectivity index (χ0) is 11.0. The standard InChI is InChI=1S/C11H23NO2/c1-4-5-6-7-8-14-11(13)10(12)9(2)3/h9-10H,4-8,12H2,1-3H3/t10-/m1/s1. The van der Waals surface area contributed by atoms with Crippen LogP contribution in [0.15, 0.2) is 0 Å². The molecule has 0 aliphatic rings. The van der Waals surface area contributed by atoms with Crippen molar-refractivity contribution in [1.82, 2.24) is 0 Å². The van der Waals surface area contributed by atoms with Crippen molar-refractivity contribution in [3.8, 4) is 0 Å². The molecule has 1 atom stereocenters. The minimum Gasteiger partial charge on any atom is -0.465 e. The summed E-state index contributed by atoms with van der Waals surface area (Å²) in [6, 6.07) is -0.471. The highest BCUT2D eigenvalue weighted by molar-refractivity contribution is 5.75. The molecular weight excluding hydrogens is 178 g/mol. The molecule has 0 bridgehead atoms. The summed E-state index contributed by atoms with van der Waals surface area (Å²) in [5, 5.41) is 0. The van der Waals surface area contributed by atoms with Crippen molar-refractivity contribution in [1.29, 1.82) is 0 Å². The summed E-state index contributed by atoms with van der Waals surface area (Å²) < 4.78 is 5.05. The maximum atomic E-state index is 11.3. The van der Waals surface area contributed by atoms with Crippen molar-refractivity contribution in [3.63, 3.8) is 0 Å². The van der Waals surface area contributed by atoms with Crippen molar-refractivity contribution < 1.29 is 9.53 Å². The van der Waals surface area contributed by atoms with Crippen molar-refractivity contribution in [2.75, 3.05) is 6.61 Å². The number of esters is 1. The monoisotopic (exact) mass is 201 g/mol. The van der Waals surface area contributed by atoms with E-state index in [1.807, 2.05) is 13.8 Å². The van der Waals surface area contributed by atoms with E-state index in [0.29, 0.717) is 6.61 Å². The van der Waals surface area contributed by atoms with Crippen LogP contribution in [-0.2, 0) is 9.53 Å². The molecular formula is C11H23NO2. The van der Waals surface area contributed by atoms with Crippen molar-refractivity contribution in [2.24, 2.45) is 11.7 Å². The largest absolute Gasteiger partial charge is 0.465 e. The Bertz CT molecular complexity index is 157. The molecule has 2 N–H and O–H groups in total. The second kappa shape index (κ2) is 7.80. The predicted molar refractivity (Wildman–Crippen MR) is 57.9 cm³/mol. The van der Waals surface area contributed by atoms with Gasteiger partial charge in [-0.1, -0.05) is 40.0 Å². The van der Waals surface area contributed by atoms with Gasteiger partial charge in [-0.25, -0.2) is 0 Å². The molecule has 0 rings (SSSR count). The molecule has 0 unspecified atom stereocenters. The number of rotatable bonds is 7. The van der Waals surface area contributed by atoms with Crippen LogP contribution in [-0.4, -0.2) is 18.6 Å². The third-order valence-electron chi connectivity index (χ3n) is 2.23. The Balaban J connectivity index is 3.44. The highest BCUT2D eigenvalue weighted by Crippen LogP contribution is 2.03. The van der Waals surface area contributed by atoms with E-state index in [1.54, 1.807) is 0 Å². The van der Waals surface area contributed by atoms with Crippen LogP contribution in [0, 0.1) is 5.92 Å². The molecule has 0 radical (unpaired) electrons. The van der Waals surface area contributed by atoms with Gasteiger partial charge in [-0.15, -0.1) is 0 Å². The first-order chi connectivity index (χ1) is 6.59. The van der Waals surface area contributed by atoms with Gasteiger partial charge < -0.3 is 10.5 Å². The maximum Gasteiger partial charge on any atom is 0.323 e. The second-order valence-corrected chi connectivity index (χ2v) is 4.00. The average molecular weight is 201 g/mol. The van der Waals surface area contributed by atoms with Gasteiger partial charge in [-0.05, 0) is 12.3 Å². The molecule has 0 aromatic heterocycles. The molecule has 0 spiro atoms. The highest BCUT2D eigenvalue weighted by atomic mass is 16.5. The Kier molecular flexibility index (Phi) is 7.48. The Labute approximate surface area is 87.0 Å². The fourth-order valence-electron chi connectivity index (χ4n) is 1.07. The van der Waals surface area contributed by atoms with Crippen LogP contribution in [0.1, 0.15) is 46.5 Å². The smallest absolute Gasteiger partial charge is 0.323 e. The third kappa shape index (κ3) is 5.97. The van der Waals surface area contributed by atoms with Gasteiger partial charge in [0.05, 0.1) is 6.61 Å². The van der Waals surface area contributed by atoms with E-state index < -0.39 is 6.04 Å².